The largest absolute Gasteiger partial charge is 0.307 e. The number of hydrogen-bond donors (Lipinski definition) is 1. The highest BCUT2D eigenvalue weighted by Gasteiger charge is 2.22. The number of aryl methyl sites for hydroxylation is 1. The number of benzene rings is 2. The summed E-state index contributed by atoms with van der Waals surface area (Å²) in [5.41, 5.74) is 3.68. The van der Waals surface area contributed by atoms with Crippen LogP contribution in [-0.4, -0.2) is 10.2 Å². The maximum absolute atomic E-state index is 11.8. The summed E-state index contributed by atoms with van der Waals surface area (Å²) in [6.45, 7) is 2.13. The number of carbonyl (C=O) groups excluding carboxylic acids is 1. The predicted octanol–water partition coefficient (Wildman–Crippen LogP) is 4.78. The minimum absolute atomic E-state index is 0.112. The Hall–Kier alpha value is -1.56. The summed E-state index contributed by atoms with van der Waals surface area (Å²) in [7, 11) is 0. The molecule has 23 heavy (non-hydrogen) atoms. The number of hydrogen-bond acceptors (Lipinski definition) is 4. The molecule has 1 aliphatic rings. The van der Waals surface area contributed by atoms with Crippen LogP contribution < -0.4 is 5.32 Å². The Morgan fingerprint density at radius 1 is 1.17 bits per heavy atom. The number of rotatable bonds is 4. The highest BCUT2D eigenvalue weighted by Crippen LogP contribution is 2.32. The molecule has 1 aliphatic heterocycles. The normalized spacial score (nSPS) is 16.0. The molecule has 0 bridgehead atoms. The zero-order valence-corrected chi connectivity index (χ0v) is 15.0. The van der Waals surface area contributed by atoms with Crippen molar-refractivity contribution in [2.24, 2.45) is 0 Å². The lowest BCUT2D eigenvalue weighted by Crippen LogP contribution is -2.17. The van der Waals surface area contributed by atoms with E-state index in [2.05, 4.69) is 42.6 Å². The molecule has 3 rings (SSSR count). The molecule has 2 aromatic rings. The third-order valence-corrected chi connectivity index (χ3v) is 5.79. The number of nitrogens with one attached hydrogen (secondary N) is 1. The summed E-state index contributed by atoms with van der Waals surface area (Å²) >= 11 is 8.13. The molecule has 1 heterocycles. The van der Waals surface area contributed by atoms with Gasteiger partial charge in [-0.2, -0.15) is 0 Å². The van der Waals surface area contributed by atoms with Crippen LogP contribution in [0, 0.1) is 6.92 Å². The predicted molar refractivity (Wildman–Crippen MR) is 103 cm³/mol. The van der Waals surface area contributed by atoms with E-state index in [9.17, 15) is 4.79 Å². The van der Waals surface area contributed by atoms with Crippen LogP contribution in [0.5, 0.6) is 0 Å². The second-order valence-electron chi connectivity index (χ2n) is 5.11. The summed E-state index contributed by atoms with van der Waals surface area (Å²) < 4.78 is 0.520. The van der Waals surface area contributed by atoms with E-state index in [-0.39, 0.29) is 5.91 Å². The van der Waals surface area contributed by atoms with E-state index in [4.69, 9.17) is 12.2 Å². The maximum Gasteiger partial charge on any atom is 0.263 e. The van der Waals surface area contributed by atoms with E-state index in [1.165, 1.54) is 22.9 Å². The van der Waals surface area contributed by atoms with Crippen molar-refractivity contribution in [2.75, 3.05) is 0 Å². The van der Waals surface area contributed by atoms with Crippen LogP contribution in [0.15, 0.2) is 58.3 Å². The second kappa shape index (κ2) is 7.34. The van der Waals surface area contributed by atoms with Gasteiger partial charge in [0.1, 0.15) is 4.32 Å². The van der Waals surface area contributed by atoms with Gasteiger partial charge in [0.25, 0.3) is 5.91 Å². The lowest BCUT2D eigenvalue weighted by Gasteiger charge is -2.08. The molecule has 2 nitrogen and oxygen atoms in total. The summed E-state index contributed by atoms with van der Waals surface area (Å²) in [4.78, 5) is 13.6. The van der Waals surface area contributed by atoms with Crippen LogP contribution in [0.25, 0.3) is 6.08 Å². The summed E-state index contributed by atoms with van der Waals surface area (Å²) in [6.07, 6.45) is 1.92. The Kier molecular flexibility index (Phi) is 5.20. The molecule has 0 aliphatic carbocycles. The fraction of sp³-hybridized carbons (Fsp3) is 0.111. The first kappa shape index (κ1) is 16.3. The van der Waals surface area contributed by atoms with Crippen molar-refractivity contribution in [3.8, 4) is 0 Å². The maximum atomic E-state index is 11.8. The smallest absolute Gasteiger partial charge is 0.263 e. The minimum Gasteiger partial charge on any atom is -0.307 e. The summed E-state index contributed by atoms with van der Waals surface area (Å²) in [6, 6.07) is 16.5. The molecule has 5 heteroatoms. The third-order valence-electron chi connectivity index (χ3n) is 3.49. The molecule has 0 radical (unpaired) electrons. The number of thiocarbonyl (C=S) groups is 1. The van der Waals surface area contributed by atoms with E-state index in [0.29, 0.717) is 9.23 Å². The van der Waals surface area contributed by atoms with Crippen molar-refractivity contribution in [2.45, 2.75) is 17.6 Å². The van der Waals surface area contributed by atoms with E-state index in [0.717, 1.165) is 16.2 Å². The lowest BCUT2D eigenvalue weighted by molar-refractivity contribution is -0.115. The lowest BCUT2D eigenvalue weighted by atomic mass is 10.1. The molecule has 116 valence electrons. The van der Waals surface area contributed by atoms with Gasteiger partial charge in [-0.3, -0.25) is 4.79 Å². The summed E-state index contributed by atoms with van der Waals surface area (Å²) in [5, 5.41) is 2.65. The topological polar surface area (TPSA) is 29.1 Å². The molecular formula is C18H15NOS3. The Labute approximate surface area is 149 Å². The Morgan fingerprint density at radius 2 is 1.91 bits per heavy atom. The van der Waals surface area contributed by atoms with Gasteiger partial charge < -0.3 is 5.32 Å². The molecule has 0 atom stereocenters. The molecule has 0 saturated carbocycles. The number of carbonyl (C=O) groups is 1. The molecule has 2 aromatic carbocycles. The van der Waals surface area contributed by atoms with Gasteiger partial charge in [-0.05, 0) is 35.8 Å². The highest BCUT2D eigenvalue weighted by atomic mass is 32.2. The molecular weight excluding hydrogens is 342 g/mol. The van der Waals surface area contributed by atoms with Crippen molar-refractivity contribution in [3.63, 3.8) is 0 Å². The van der Waals surface area contributed by atoms with Crippen LogP contribution in [0.4, 0.5) is 0 Å². The van der Waals surface area contributed by atoms with Crippen molar-refractivity contribution in [1.82, 2.24) is 5.32 Å². The standard InChI is InChI=1S/C18H15NOS3/c1-12-6-2-3-8-14(12)11-22-15-9-5-4-7-13(15)10-16-17(20)19-18(21)23-16/h2-10H,11H2,1H3,(H,19,20,21). The van der Waals surface area contributed by atoms with Gasteiger partial charge in [0.15, 0.2) is 0 Å². The zero-order chi connectivity index (χ0) is 16.2. The van der Waals surface area contributed by atoms with E-state index < -0.39 is 0 Å². The molecule has 1 N–H and O–H groups in total. The highest BCUT2D eigenvalue weighted by molar-refractivity contribution is 8.26. The molecule has 0 unspecified atom stereocenters. The van der Waals surface area contributed by atoms with Crippen molar-refractivity contribution >= 4 is 52.0 Å². The quantitative estimate of drug-likeness (QED) is 0.484. The van der Waals surface area contributed by atoms with Gasteiger partial charge >= 0.3 is 0 Å². The van der Waals surface area contributed by atoms with E-state index in [1.54, 1.807) is 11.8 Å². The Morgan fingerprint density at radius 3 is 2.65 bits per heavy atom. The van der Waals surface area contributed by atoms with Gasteiger partial charge in [-0.25, -0.2) is 0 Å². The molecule has 1 saturated heterocycles. The summed E-state index contributed by atoms with van der Waals surface area (Å²) in [5.74, 6) is 0.795. The first-order chi connectivity index (χ1) is 11.1. The van der Waals surface area contributed by atoms with Crippen LogP contribution in [0.1, 0.15) is 16.7 Å². The monoisotopic (exact) mass is 357 g/mol. The average molecular weight is 358 g/mol. The van der Waals surface area contributed by atoms with Crippen molar-refractivity contribution < 1.29 is 4.79 Å². The molecule has 0 spiro atoms. The second-order valence-corrected chi connectivity index (χ2v) is 7.84. The molecule has 1 amide bonds. The average Bonchev–Trinajstić information content (AvgIpc) is 2.85. The number of thioether (sulfide) groups is 2. The van der Waals surface area contributed by atoms with Crippen LogP contribution >= 0.6 is 35.7 Å². The van der Waals surface area contributed by atoms with Crippen LogP contribution in [-0.2, 0) is 10.5 Å². The Bertz CT molecular complexity index is 798. The van der Waals surface area contributed by atoms with E-state index >= 15 is 0 Å². The zero-order valence-electron chi connectivity index (χ0n) is 12.5. The van der Waals surface area contributed by atoms with E-state index in [1.807, 2.05) is 24.3 Å². The van der Waals surface area contributed by atoms with Gasteiger partial charge in [-0.15, -0.1) is 11.8 Å². The fourth-order valence-corrected chi connectivity index (χ4v) is 4.36. The molecule has 1 fully saturated rings. The van der Waals surface area contributed by atoms with Crippen molar-refractivity contribution in [1.29, 1.82) is 0 Å². The minimum atomic E-state index is -0.112. The first-order valence-electron chi connectivity index (χ1n) is 7.14. The van der Waals surface area contributed by atoms with Crippen LogP contribution in [0.2, 0.25) is 0 Å². The van der Waals surface area contributed by atoms with Gasteiger partial charge in [0.2, 0.25) is 0 Å². The van der Waals surface area contributed by atoms with Gasteiger partial charge in [0, 0.05) is 10.6 Å². The third kappa shape index (κ3) is 4.05. The van der Waals surface area contributed by atoms with Crippen molar-refractivity contribution in [3.05, 3.63) is 70.1 Å². The van der Waals surface area contributed by atoms with Gasteiger partial charge in [-0.1, -0.05) is 66.4 Å². The fourth-order valence-electron chi connectivity index (χ4n) is 2.22. The molecule has 0 aromatic heterocycles. The van der Waals surface area contributed by atoms with Crippen LogP contribution in [0.3, 0.4) is 0 Å². The van der Waals surface area contributed by atoms with Gasteiger partial charge in [0.05, 0.1) is 4.91 Å². The Balaban J connectivity index is 1.81. The first-order valence-corrected chi connectivity index (χ1v) is 9.36. The number of amides is 1. The SMILES string of the molecule is Cc1ccccc1CSc1ccccc1C=C1SC(=S)NC1=O.